The monoisotopic (exact) mass is 306 g/mol. The molecule has 114 valence electrons. The van der Waals surface area contributed by atoms with E-state index in [4.69, 9.17) is 0 Å². The molecular weight excluding hydrogens is 284 g/mol. The van der Waals surface area contributed by atoms with Crippen LogP contribution in [0.15, 0.2) is 23.1 Å². The maximum absolute atomic E-state index is 13.0. The minimum Gasteiger partial charge on any atom is -0.384 e. The fourth-order valence-electron chi connectivity index (χ4n) is 3.04. The van der Waals surface area contributed by atoms with Gasteiger partial charge in [0.15, 0.2) is 0 Å². The fraction of sp³-hybridized carbons (Fsp3) is 0.625. The molecule has 0 radical (unpaired) electrons. The predicted molar refractivity (Wildman–Crippen MR) is 82.8 cm³/mol. The molecule has 2 fully saturated rings. The average molecular weight is 306 g/mol. The molecule has 2 saturated carbocycles. The average Bonchev–Trinajstić information content (AvgIpc) is 3.38. The Labute approximate surface area is 126 Å². The van der Waals surface area contributed by atoms with Crippen LogP contribution in [0.5, 0.6) is 0 Å². The van der Waals surface area contributed by atoms with E-state index in [9.17, 15) is 8.42 Å². The molecule has 21 heavy (non-hydrogen) atoms. The van der Waals surface area contributed by atoms with E-state index in [0.29, 0.717) is 29.8 Å². The molecule has 0 atom stereocenters. The molecule has 0 bridgehead atoms. The van der Waals surface area contributed by atoms with Gasteiger partial charge in [-0.05, 0) is 67.7 Å². The first-order chi connectivity index (χ1) is 10.1. The maximum Gasteiger partial charge on any atom is 0.243 e. The number of fused-ring (bicyclic) bond motifs is 1. The zero-order chi connectivity index (χ0) is 14.4. The van der Waals surface area contributed by atoms with Gasteiger partial charge in [-0.15, -0.1) is 0 Å². The molecule has 0 unspecified atom stereocenters. The molecule has 4 nitrogen and oxygen atoms in total. The minimum atomic E-state index is -3.33. The van der Waals surface area contributed by atoms with Gasteiger partial charge in [-0.3, -0.25) is 0 Å². The number of nitrogens with one attached hydrogen (secondary N) is 1. The van der Waals surface area contributed by atoms with Crippen molar-refractivity contribution in [2.24, 2.45) is 11.8 Å². The maximum atomic E-state index is 13.0. The van der Waals surface area contributed by atoms with Gasteiger partial charge in [-0.25, -0.2) is 8.42 Å². The molecule has 1 heterocycles. The molecule has 4 rings (SSSR count). The van der Waals surface area contributed by atoms with Gasteiger partial charge in [-0.2, -0.15) is 4.31 Å². The van der Waals surface area contributed by atoms with Gasteiger partial charge in [-0.1, -0.05) is 0 Å². The van der Waals surface area contributed by atoms with Crippen molar-refractivity contribution in [2.45, 2.75) is 37.0 Å². The normalized spacial score (nSPS) is 21.4. The second-order valence-corrected chi connectivity index (χ2v) is 8.64. The van der Waals surface area contributed by atoms with E-state index in [1.807, 2.05) is 12.1 Å². The number of hydrogen-bond acceptors (Lipinski definition) is 3. The van der Waals surface area contributed by atoms with Crippen molar-refractivity contribution in [3.8, 4) is 0 Å². The highest BCUT2D eigenvalue weighted by Gasteiger charge is 2.35. The Bertz CT molecular complexity index is 634. The lowest BCUT2D eigenvalue weighted by molar-refractivity contribution is 0.382. The standard InChI is InChI=1S/C16H22N2O2S/c19-21(20,15-5-6-16-14(9-15)7-8-17-16)18(10-12-1-2-12)11-13-3-4-13/h5-6,9,12-13,17H,1-4,7-8,10-11H2. The highest BCUT2D eigenvalue weighted by atomic mass is 32.2. The van der Waals surface area contributed by atoms with Gasteiger partial charge in [0.1, 0.15) is 0 Å². The van der Waals surface area contributed by atoms with E-state index >= 15 is 0 Å². The largest absolute Gasteiger partial charge is 0.384 e. The summed E-state index contributed by atoms with van der Waals surface area (Å²) in [5, 5.41) is 3.28. The van der Waals surface area contributed by atoms with Crippen molar-refractivity contribution < 1.29 is 8.42 Å². The molecule has 0 saturated heterocycles. The topological polar surface area (TPSA) is 49.4 Å². The van der Waals surface area contributed by atoms with Crippen LogP contribution in [0, 0.1) is 11.8 Å². The Morgan fingerprint density at radius 3 is 2.38 bits per heavy atom. The Morgan fingerprint density at radius 1 is 1.10 bits per heavy atom. The van der Waals surface area contributed by atoms with E-state index in [-0.39, 0.29) is 0 Å². The summed E-state index contributed by atoms with van der Waals surface area (Å²) in [5.74, 6) is 1.18. The highest BCUT2D eigenvalue weighted by Crippen LogP contribution is 2.36. The molecule has 0 aromatic heterocycles. The van der Waals surface area contributed by atoms with Crippen LogP contribution in [0.2, 0.25) is 0 Å². The quantitative estimate of drug-likeness (QED) is 0.878. The van der Waals surface area contributed by atoms with Crippen molar-refractivity contribution in [3.05, 3.63) is 23.8 Å². The van der Waals surface area contributed by atoms with Crippen LogP contribution in [-0.2, 0) is 16.4 Å². The van der Waals surface area contributed by atoms with Crippen LogP contribution < -0.4 is 5.32 Å². The fourth-order valence-corrected chi connectivity index (χ4v) is 4.68. The molecule has 1 aliphatic heterocycles. The van der Waals surface area contributed by atoms with Gasteiger partial charge in [0.05, 0.1) is 4.90 Å². The van der Waals surface area contributed by atoms with Gasteiger partial charge in [0, 0.05) is 25.3 Å². The Balaban J connectivity index is 1.62. The van der Waals surface area contributed by atoms with Gasteiger partial charge in [0.25, 0.3) is 0 Å². The van der Waals surface area contributed by atoms with Crippen LogP contribution >= 0.6 is 0 Å². The second kappa shape index (κ2) is 4.99. The Kier molecular flexibility index (Phi) is 3.23. The van der Waals surface area contributed by atoms with Gasteiger partial charge < -0.3 is 5.32 Å². The zero-order valence-corrected chi connectivity index (χ0v) is 13.0. The number of anilines is 1. The molecule has 5 heteroatoms. The second-order valence-electron chi connectivity index (χ2n) is 6.70. The van der Waals surface area contributed by atoms with E-state index in [0.717, 1.165) is 24.2 Å². The molecule has 0 spiro atoms. The van der Waals surface area contributed by atoms with Crippen molar-refractivity contribution in [3.63, 3.8) is 0 Å². The summed E-state index contributed by atoms with van der Waals surface area (Å²) >= 11 is 0. The van der Waals surface area contributed by atoms with Crippen LogP contribution in [0.4, 0.5) is 5.69 Å². The summed E-state index contributed by atoms with van der Waals surface area (Å²) in [7, 11) is -3.33. The number of nitrogens with zero attached hydrogens (tertiary/aromatic N) is 1. The first-order valence-corrected chi connectivity index (χ1v) is 9.44. The smallest absolute Gasteiger partial charge is 0.243 e. The molecule has 1 aromatic carbocycles. The SMILES string of the molecule is O=S(=O)(c1ccc2c(c1)CCN2)N(CC1CC1)CC1CC1. The Hall–Kier alpha value is -1.07. The first kappa shape index (κ1) is 13.6. The summed E-state index contributed by atoms with van der Waals surface area (Å²) in [6.07, 6.45) is 5.66. The number of rotatable bonds is 6. The van der Waals surface area contributed by atoms with Crippen LogP contribution in [-0.4, -0.2) is 32.4 Å². The number of hydrogen-bond donors (Lipinski definition) is 1. The van der Waals surface area contributed by atoms with Crippen molar-refractivity contribution in [1.29, 1.82) is 0 Å². The summed E-state index contributed by atoms with van der Waals surface area (Å²) in [4.78, 5) is 0.478. The van der Waals surface area contributed by atoms with Crippen LogP contribution in [0.1, 0.15) is 31.2 Å². The minimum absolute atomic E-state index is 0.478. The lowest BCUT2D eigenvalue weighted by Gasteiger charge is -2.22. The third-order valence-electron chi connectivity index (χ3n) is 4.74. The summed E-state index contributed by atoms with van der Waals surface area (Å²) < 4.78 is 27.7. The third kappa shape index (κ3) is 2.81. The van der Waals surface area contributed by atoms with E-state index in [1.165, 1.54) is 25.7 Å². The molecular formula is C16H22N2O2S. The van der Waals surface area contributed by atoms with Crippen molar-refractivity contribution in [2.75, 3.05) is 25.0 Å². The van der Waals surface area contributed by atoms with E-state index in [1.54, 1.807) is 10.4 Å². The summed E-state index contributed by atoms with van der Waals surface area (Å²) in [6, 6.07) is 5.55. The molecule has 2 aliphatic carbocycles. The number of benzene rings is 1. The van der Waals surface area contributed by atoms with E-state index in [2.05, 4.69) is 5.32 Å². The molecule has 3 aliphatic rings. The van der Waals surface area contributed by atoms with Crippen molar-refractivity contribution >= 4 is 15.7 Å². The lowest BCUT2D eigenvalue weighted by Crippen LogP contribution is -2.34. The zero-order valence-electron chi connectivity index (χ0n) is 12.2. The van der Waals surface area contributed by atoms with Crippen molar-refractivity contribution in [1.82, 2.24) is 4.31 Å². The Morgan fingerprint density at radius 2 is 1.76 bits per heavy atom. The third-order valence-corrected chi connectivity index (χ3v) is 6.57. The van der Waals surface area contributed by atoms with Gasteiger partial charge >= 0.3 is 0 Å². The molecule has 1 N–H and O–H groups in total. The summed E-state index contributed by atoms with van der Waals surface area (Å²) in [5.41, 5.74) is 2.22. The summed E-state index contributed by atoms with van der Waals surface area (Å²) in [6.45, 7) is 2.34. The molecule has 0 amide bonds. The predicted octanol–water partition coefficient (Wildman–Crippen LogP) is 2.47. The van der Waals surface area contributed by atoms with E-state index < -0.39 is 10.0 Å². The van der Waals surface area contributed by atoms with Gasteiger partial charge in [0.2, 0.25) is 10.0 Å². The lowest BCUT2D eigenvalue weighted by atomic mass is 10.2. The highest BCUT2D eigenvalue weighted by molar-refractivity contribution is 7.89. The van der Waals surface area contributed by atoms with Crippen LogP contribution in [0.25, 0.3) is 0 Å². The van der Waals surface area contributed by atoms with Crippen LogP contribution in [0.3, 0.4) is 0 Å². The number of sulfonamides is 1. The molecule has 1 aromatic rings. The first-order valence-electron chi connectivity index (χ1n) is 8.00.